The monoisotopic (exact) mass is 384 g/mol. The molecule has 2 aromatic heterocycles. The van der Waals surface area contributed by atoms with Gasteiger partial charge < -0.3 is 4.74 Å². The lowest BCUT2D eigenvalue weighted by atomic mass is 9.89. The Labute approximate surface area is 161 Å². The first-order valence-corrected chi connectivity index (χ1v) is 10.5. The maximum atomic E-state index is 12.5. The molecule has 4 nitrogen and oxygen atoms in total. The van der Waals surface area contributed by atoms with E-state index in [4.69, 9.17) is 4.74 Å². The minimum Gasteiger partial charge on any atom is -0.497 e. The Morgan fingerprint density at radius 1 is 1.31 bits per heavy atom. The SMILES string of the molecule is COc1ccc(C(=O)CSc2ncnc3sc4c(c23)CC[C@H](C)C4)cc1. The van der Waals surface area contributed by atoms with Crippen molar-refractivity contribution in [3.63, 3.8) is 0 Å². The van der Waals surface area contributed by atoms with E-state index in [1.54, 1.807) is 24.8 Å². The lowest BCUT2D eigenvalue weighted by Crippen LogP contribution is -2.09. The van der Waals surface area contributed by atoms with Gasteiger partial charge in [-0.05, 0) is 55.0 Å². The second-order valence-corrected chi connectivity index (χ2v) is 8.70. The highest BCUT2D eigenvalue weighted by molar-refractivity contribution is 8.00. The van der Waals surface area contributed by atoms with E-state index in [1.807, 2.05) is 24.3 Å². The Balaban J connectivity index is 1.56. The van der Waals surface area contributed by atoms with Gasteiger partial charge in [0.15, 0.2) is 5.78 Å². The second kappa shape index (κ2) is 7.37. The summed E-state index contributed by atoms with van der Waals surface area (Å²) in [5.74, 6) is 1.96. The van der Waals surface area contributed by atoms with Gasteiger partial charge in [-0.3, -0.25) is 4.79 Å². The second-order valence-electron chi connectivity index (χ2n) is 6.65. The van der Waals surface area contributed by atoms with Crippen LogP contribution in [0.15, 0.2) is 35.6 Å². The minimum absolute atomic E-state index is 0.0992. The van der Waals surface area contributed by atoms with Gasteiger partial charge in [0.05, 0.1) is 12.9 Å². The summed E-state index contributed by atoms with van der Waals surface area (Å²) in [6.07, 6.45) is 5.05. The van der Waals surface area contributed by atoms with E-state index in [1.165, 1.54) is 34.0 Å². The van der Waals surface area contributed by atoms with Crippen LogP contribution < -0.4 is 4.74 Å². The number of nitrogens with zero attached hydrogens (tertiary/aromatic N) is 2. The number of aryl methyl sites for hydroxylation is 1. The fraction of sp³-hybridized carbons (Fsp3) is 0.350. The summed E-state index contributed by atoms with van der Waals surface area (Å²) in [7, 11) is 1.62. The number of benzene rings is 1. The number of ether oxygens (including phenoxy) is 1. The third kappa shape index (κ3) is 3.35. The van der Waals surface area contributed by atoms with E-state index in [0.29, 0.717) is 11.3 Å². The molecular formula is C20H20N2O2S2. The van der Waals surface area contributed by atoms with Gasteiger partial charge in [-0.1, -0.05) is 18.7 Å². The summed E-state index contributed by atoms with van der Waals surface area (Å²) in [4.78, 5) is 24.0. The van der Waals surface area contributed by atoms with Crippen LogP contribution in [0.3, 0.4) is 0 Å². The molecule has 0 saturated heterocycles. The number of Topliss-reactive ketones (excluding diaryl/α,β-unsaturated/α-hetero) is 1. The van der Waals surface area contributed by atoms with Gasteiger partial charge in [0.2, 0.25) is 0 Å². The molecule has 1 aliphatic rings. The van der Waals surface area contributed by atoms with Gasteiger partial charge in [0, 0.05) is 15.8 Å². The van der Waals surface area contributed by atoms with E-state index in [0.717, 1.165) is 34.4 Å². The van der Waals surface area contributed by atoms with Crippen LogP contribution in [0.25, 0.3) is 10.2 Å². The average Bonchev–Trinajstić information content (AvgIpc) is 3.04. The summed E-state index contributed by atoms with van der Waals surface area (Å²) < 4.78 is 5.15. The predicted molar refractivity (Wildman–Crippen MR) is 107 cm³/mol. The van der Waals surface area contributed by atoms with Crippen molar-refractivity contribution in [2.45, 2.75) is 31.2 Å². The van der Waals surface area contributed by atoms with Crippen molar-refractivity contribution < 1.29 is 9.53 Å². The molecule has 26 heavy (non-hydrogen) atoms. The molecule has 1 aromatic carbocycles. The maximum absolute atomic E-state index is 12.5. The molecule has 0 bridgehead atoms. The molecule has 2 heterocycles. The van der Waals surface area contributed by atoms with Crippen molar-refractivity contribution >= 4 is 39.1 Å². The predicted octanol–water partition coefficient (Wildman–Crippen LogP) is 4.80. The van der Waals surface area contributed by atoms with Crippen molar-refractivity contribution in [1.82, 2.24) is 9.97 Å². The van der Waals surface area contributed by atoms with E-state index in [9.17, 15) is 4.79 Å². The highest BCUT2D eigenvalue weighted by atomic mass is 32.2. The summed E-state index contributed by atoms with van der Waals surface area (Å²) >= 11 is 3.30. The molecule has 0 radical (unpaired) electrons. The van der Waals surface area contributed by atoms with E-state index in [2.05, 4.69) is 16.9 Å². The summed E-state index contributed by atoms with van der Waals surface area (Å²) in [5, 5.41) is 2.11. The van der Waals surface area contributed by atoms with Crippen molar-refractivity contribution in [3.8, 4) is 5.75 Å². The number of thioether (sulfide) groups is 1. The number of hydrogen-bond acceptors (Lipinski definition) is 6. The highest BCUT2D eigenvalue weighted by Gasteiger charge is 2.23. The number of hydrogen-bond donors (Lipinski definition) is 0. The van der Waals surface area contributed by atoms with Crippen LogP contribution in [0.4, 0.5) is 0 Å². The third-order valence-electron chi connectivity index (χ3n) is 4.81. The first kappa shape index (κ1) is 17.5. The molecule has 4 rings (SSSR count). The number of fused-ring (bicyclic) bond motifs is 3. The Hall–Kier alpha value is -1.92. The van der Waals surface area contributed by atoms with E-state index < -0.39 is 0 Å². The number of thiophene rings is 1. The molecule has 0 fully saturated rings. The van der Waals surface area contributed by atoms with Crippen LogP contribution in [0, 0.1) is 5.92 Å². The maximum Gasteiger partial charge on any atom is 0.173 e. The molecule has 0 amide bonds. The first-order chi connectivity index (χ1) is 12.7. The van der Waals surface area contributed by atoms with Gasteiger partial charge in [-0.2, -0.15) is 0 Å². The van der Waals surface area contributed by atoms with Crippen molar-refractivity contribution in [1.29, 1.82) is 0 Å². The van der Waals surface area contributed by atoms with E-state index >= 15 is 0 Å². The van der Waals surface area contributed by atoms with E-state index in [-0.39, 0.29) is 5.78 Å². The van der Waals surface area contributed by atoms with Crippen LogP contribution in [0.5, 0.6) is 5.75 Å². The van der Waals surface area contributed by atoms with Crippen molar-refractivity contribution in [3.05, 3.63) is 46.6 Å². The smallest absolute Gasteiger partial charge is 0.173 e. The topological polar surface area (TPSA) is 52.1 Å². The number of carbonyl (C=O) groups excluding carboxylic acids is 1. The Kier molecular flexibility index (Phi) is 4.96. The zero-order valence-corrected chi connectivity index (χ0v) is 16.5. The van der Waals surface area contributed by atoms with Gasteiger partial charge >= 0.3 is 0 Å². The Morgan fingerprint density at radius 2 is 2.12 bits per heavy atom. The number of methoxy groups -OCH3 is 1. The fourth-order valence-electron chi connectivity index (χ4n) is 3.35. The van der Waals surface area contributed by atoms with Gasteiger partial charge in [0.1, 0.15) is 21.9 Å². The number of aromatic nitrogens is 2. The van der Waals surface area contributed by atoms with Crippen LogP contribution in [-0.4, -0.2) is 28.6 Å². The lowest BCUT2D eigenvalue weighted by Gasteiger charge is -2.18. The molecule has 134 valence electrons. The molecule has 3 aromatic rings. The van der Waals surface area contributed by atoms with Crippen molar-refractivity contribution in [2.24, 2.45) is 5.92 Å². The summed E-state index contributed by atoms with van der Waals surface area (Å²) in [6, 6.07) is 7.25. The van der Waals surface area contributed by atoms with Crippen LogP contribution >= 0.6 is 23.1 Å². The molecule has 0 saturated carbocycles. The lowest BCUT2D eigenvalue weighted by molar-refractivity contribution is 0.102. The average molecular weight is 385 g/mol. The summed E-state index contributed by atoms with van der Waals surface area (Å²) in [6.45, 7) is 2.31. The molecule has 0 spiro atoms. The Morgan fingerprint density at radius 3 is 2.88 bits per heavy atom. The van der Waals surface area contributed by atoms with Gasteiger partial charge in [0.25, 0.3) is 0 Å². The third-order valence-corrected chi connectivity index (χ3v) is 6.96. The van der Waals surface area contributed by atoms with Gasteiger partial charge in [-0.15, -0.1) is 11.3 Å². The molecule has 1 aliphatic carbocycles. The first-order valence-electron chi connectivity index (χ1n) is 8.71. The van der Waals surface area contributed by atoms with Crippen LogP contribution in [0.1, 0.15) is 34.1 Å². The molecule has 0 aliphatic heterocycles. The van der Waals surface area contributed by atoms with Crippen molar-refractivity contribution in [2.75, 3.05) is 12.9 Å². The van der Waals surface area contributed by atoms with Crippen LogP contribution in [0.2, 0.25) is 0 Å². The number of ketones is 1. The summed E-state index contributed by atoms with van der Waals surface area (Å²) in [5.41, 5.74) is 2.10. The van der Waals surface area contributed by atoms with Crippen LogP contribution in [-0.2, 0) is 12.8 Å². The zero-order valence-electron chi connectivity index (χ0n) is 14.8. The quantitative estimate of drug-likeness (QED) is 0.359. The minimum atomic E-state index is 0.0992. The number of rotatable bonds is 5. The Bertz CT molecular complexity index is 950. The fourth-order valence-corrected chi connectivity index (χ4v) is 5.69. The normalized spacial score (nSPS) is 16.5. The molecule has 1 atom stereocenters. The molecule has 0 N–H and O–H groups in total. The molecular weight excluding hydrogens is 364 g/mol. The van der Waals surface area contributed by atoms with Gasteiger partial charge in [-0.25, -0.2) is 9.97 Å². The largest absolute Gasteiger partial charge is 0.497 e. The highest BCUT2D eigenvalue weighted by Crippen LogP contribution is 2.40. The molecule has 6 heteroatoms. The zero-order chi connectivity index (χ0) is 18.1. The number of carbonyl (C=O) groups is 1. The standard InChI is InChI=1S/C20H20N2O2S2/c1-12-3-8-15-17(9-12)26-20-18(15)19(21-11-22-20)25-10-16(23)13-4-6-14(24-2)7-5-13/h4-7,11-12H,3,8-10H2,1-2H3/t12-/m0/s1. The molecule has 0 unspecified atom stereocenters.